The summed E-state index contributed by atoms with van der Waals surface area (Å²) in [5, 5.41) is 24.6. The fourth-order valence-electron chi connectivity index (χ4n) is 7.74. The van der Waals surface area contributed by atoms with Crippen LogP contribution in [-0.4, -0.2) is 60.3 Å². The van der Waals surface area contributed by atoms with Crippen LogP contribution in [0.5, 0.6) is 0 Å². The number of anilines is 3. The molecule has 0 radical (unpaired) electrons. The number of nitrogens with zero attached hydrogens (tertiary/aromatic N) is 3. The lowest BCUT2D eigenvalue weighted by Gasteiger charge is -2.31. The molecule has 2 aliphatic heterocycles. The minimum absolute atomic E-state index is 0.0494. The molecule has 53 heavy (non-hydrogen) atoms. The zero-order chi connectivity index (χ0) is 38.1. The van der Waals surface area contributed by atoms with Crippen molar-refractivity contribution in [2.75, 3.05) is 29.1 Å². The van der Waals surface area contributed by atoms with Crippen LogP contribution in [0.2, 0.25) is 18.6 Å². The maximum Gasteiger partial charge on any atom is 0.269 e. The second-order valence-electron chi connectivity index (χ2n) is 14.1. The minimum Gasteiger partial charge on any atom is -0.399 e. The van der Waals surface area contributed by atoms with Crippen LogP contribution in [0.15, 0.2) is 97.1 Å². The van der Waals surface area contributed by atoms with Gasteiger partial charge in [0.2, 0.25) is 14.3 Å². The summed E-state index contributed by atoms with van der Waals surface area (Å²) in [6.45, 7) is 4.80. The van der Waals surface area contributed by atoms with Gasteiger partial charge in [-0.25, -0.2) is 0 Å². The van der Waals surface area contributed by atoms with Gasteiger partial charge in [-0.15, -0.1) is 0 Å². The van der Waals surface area contributed by atoms with Gasteiger partial charge >= 0.3 is 0 Å². The first-order valence-corrected chi connectivity index (χ1v) is 20.3. The fourth-order valence-corrected chi connectivity index (χ4v) is 10.2. The number of fused-ring (bicyclic) bond motifs is 2. The summed E-state index contributed by atoms with van der Waals surface area (Å²) >= 11 is 0. The topological polar surface area (TPSA) is 168 Å². The Bertz CT molecular complexity index is 2010. The van der Waals surface area contributed by atoms with Gasteiger partial charge in [0.1, 0.15) is 0 Å². The van der Waals surface area contributed by atoms with Crippen LogP contribution in [-0.2, 0) is 33.0 Å². The number of hydrogen-bond donors (Lipinski definition) is 3. The predicted octanol–water partition coefficient (Wildman–Crippen LogP) is 6.16. The van der Waals surface area contributed by atoms with Crippen molar-refractivity contribution in [3.63, 3.8) is 0 Å². The zero-order valence-corrected chi connectivity index (χ0v) is 30.7. The molecule has 276 valence electrons. The summed E-state index contributed by atoms with van der Waals surface area (Å²) in [5.41, 5.74) is 6.56. The molecule has 0 unspecified atom stereocenters. The maximum absolute atomic E-state index is 16.4. The number of nitrogens with two attached hydrogens (primary N) is 1. The van der Waals surface area contributed by atoms with Crippen molar-refractivity contribution in [3.8, 4) is 0 Å². The summed E-state index contributed by atoms with van der Waals surface area (Å²) in [5.74, 6) is -1.98. The number of hydrogen-bond acceptors (Lipinski definition) is 8. The predicted molar refractivity (Wildman–Crippen MR) is 201 cm³/mol. The van der Waals surface area contributed by atoms with Crippen LogP contribution in [0.25, 0.3) is 0 Å². The minimum atomic E-state index is -3.66. The van der Waals surface area contributed by atoms with Crippen LogP contribution in [0.4, 0.5) is 26.9 Å². The first-order chi connectivity index (χ1) is 25.2. The third-order valence-corrected chi connectivity index (χ3v) is 12.7. The highest BCUT2D eigenvalue weighted by Crippen LogP contribution is 2.60. The number of nitrogens with one attached hydrogen (secondary N) is 1. The van der Waals surface area contributed by atoms with Crippen LogP contribution in [0.1, 0.15) is 40.4 Å². The summed E-state index contributed by atoms with van der Waals surface area (Å²) in [6.07, 6.45) is -1.26. The molecule has 4 aromatic rings. The molecule has 6 rings (SSSR count). The summed E-state index contributed by atoms with van der Waals surface area (Å²) < 4.78 is 23.1. The monoisotopic (exact) mass is 739 g/mol. The lowest BCUT2D eigenvalue weighted by Crippen LogP contribution is -2.45. The molecule has 3 amide bonds. The molecule has 1 spiro atoms. The van der Waals surface area contributed by atoms with Gasteiger partial charge in [0, 0.05) is 59.2 Å². The Morgan fingerprint density at radius 2 is 1.72 bits per heavy atom. The van der Waals surface area contributed by atoms with Crippen LogP contribution in [0.3, 0.4) is 0 Å². The zero-order valence-electron chi connectivity index (χ0n) is 29.7. The van der Waals surface area contributed by atoms with E-state index in [1.54, 1.807) is 55.5 Å². The molecule has 0 saturated carbocycles. The molecule has 2 aliphatic rings. The highest BCUT2D eigenvalue weighted by Gasteiger charge is 2.67. The van der Waals surface area contributed by atoms with Gasteiger partial charge in [-0.05, 0) is 66.7 Å². The van der Waals surface area contributed by atoms with E-state index in [-0.39, 0.29) is 55.7 Å². The number of benzene rings is 4. The van der Waals surface area contributed by atoms with Crippen molar-refractivity contribution in [1.82, 2.24) is 4.90 Å². The third-order valence-electron chi connectivity index (χ3n) is 10.2. The summed E-state index contributed by atoms with van der Waals surface area (Å²) in [4.78, 5) is 55.8. The Morgan fingerprint density at radius 3 is 2.34 bits per heavy atom. The molecule has 4 N–H and O–H groups in total. The number of carbonyl (C=O) groups is 3. The van der Waals surface area contributed by atoms with E-state index in [2.05, 4.69) is 5.32 Å². The van der Waals surface area contributed by atoms with Crippen LogP contribution in [0, 0.1) is 16.0 Å². The van der Waals surface area contributed by atoms with Gasteiger partial charge in [0.05, 0.1) is 36.3 Å². The average Bonchev–Trinajstić information content (AvgIpc) is 3.55. The molecule has 0 aliphatic carbocycles. The van der Waals surface area contributed by atoms with Crippen molar-refractivity contribution in [3.05, 3.63) is 129 Å². The summed E-state index contributed by atoms with van der Waals surface area (Å²) in [6, 6.07) is 26.8. The van der Waals surface area contributed by atoms with Crippen molar-refractivity contribution < 1.29 is 33.3 Å². The quantitative estimate of drug-likeness (QED) is 0.0510. The van der Waals surface area contributed by atoms with E-state index in [1.165, 1.54) is 41.1 Å². The molecule has 0 aromatic heterocycles. The van der Waals surface area contributed by atoms with E-state index in [0.717, 1.165) is 5.56 Å². The molecular formula is C39H42FN5O7Si. The Morgan fingerprint density at radius 1 is 1.04 bits per heavy atom. The van der Waals surface area contributed by atoms with Gasteiger partial charge in [0.25, 0.3) is 17.5 Å². The number of ether oxygens (including phenoxy) is 1. The average molecular weight is 740 g/mol. The van der Waals surface area contributed by atoms with E-state index in [0.29, 0.717) is 28.2 Å². The van der Waals surface area contributed by atoms with Gasteiger partial charge in [-0.2, -0.15) is 0 Å². The van der Waals surface area contributed by atoms with Crippen molar-refractivity contribution in [1.29, 1.82) is 0 Å². The first-order valence-electron chi connectivity index (χ1n) is 17.4. The number of halogens is 1. The van der Waals surface area contributed by atoms with E-state index < -0.39 is 42.4 Å². The van der Waals surface area contributed by atoms with Crippen LogP contribution < -0.4 is 16.0 Å². The lowest BCUT2D eigenvalue weighted by molar-refractivity contribution is -0.385. The van der Waals surface area contributed by atoms with Gasteiger partial charge in [0.15, 0.2) is 5.60 Å². The second-order valence-corrected chi connectivity index (χ2v) is 17.9. The highest BCUT2D eigenvalue weighted by molar-refractivity contribution is 6.72. The lowest BCUT2D eigenvalue weighted by atomic mass is 9.82. The molecular weight excluding hydrogens is 698 g/mol. The molecule has 14 heteroatoms. The number of carbonyl (C=O) groups excluding carboxylic acids is 3. The number of nitro benzene ring substituents is 1. The standard InChI is InChI=1S/C39H42FN5O7Si/c1-25-36(53(2,3)40)34(22-35(47)43(19-20-46)23-26-7-5-4-6-8-26)52-39(25)32-21-31(45(50)51)17-18-33(32)44(38(39)49)24-27-9-15-30(16-10-27)42-37(48)28-11-13-29(41)14-12-28/h4-18,21,25,34,36,46H,19-20,22-24,41H2,1-3H3,(H,42,48)/t25-,34+,36-,39+/m1/s1. The largest absolute Gasteiger partial charge is 0.399 e. The molecule has 1 fully saturated rings. The maximum atomic E-state index is 16.4. The Kier molecular flexibility index (Phi) is 10.5. The van der Waals surface area contributed by atoms with Crippen LogP contribution >= 0.6 is 0 Å². The van der Waals surface area contributed by atoms with Gasteiger partial charge in [-0.3, -0.25) is 24.5 Å². The molecule has 4 aromatic carbocycles. The normalized spacial score (nSPS) is 20.7. The second kappa shape index (κ2) is 14.9. The molecule has 4 atom stereocenters. The van der Waals surface area contributed by atoms with Gasteiger partial charge < -0.3 is 34.8 Å². The number of non-ortho nitro benzene ring substituents is 1. The molecule has 0 bridgehead atoms. The van der Waals surface area contributed by atoms with Crippen molar-refractivity contribution in [2.24, 2.45) is 5.92 Å². The number of amides is 3. The van der Waals surface area contributed by atoms with Gasteiger partial charge in [-0.1, -0.05) is 49.4 Å². The number of nitro groups is 1. The van der Waals surface area contributed by atoms with Crippen molar-refractivity contribution in [2.45, 2.75) is 56.8 Å². The SMILES string of the molecule is C[C@@H]1[C@@H]([Si](C)(C)F)[C@H](CC(=O)N(CCO)Cc2ccccc2)O[C@@]12C(=O)N(Cc1ccc(NC(=O)c3ccc(N)cc3)cc1)c1ccc([N+](=O)[O-])cc12. The van der Waals surface area contributed by atoms with E-state index in [1.807, 2.05) is 30.3 Å². The third kappa shape index (κ3) is 7.43. The Labute approximate surface area is 307 Å². The molecule has 2 heterocycles. The van der Waals surface area contributed by atoms with E-state index in [9.17, 15) is 29.6 Å². The molecule has 12 nitrogen and oxygen atoms in total. The number of rotatable bonds is 12. The summed E-state index contributed by atoms with van der Waals surface area (Å²) in [7, 11) is -3.66. The highest BCUT2D eigenvalue weighted by atomic mass is 28.4. The number of nitrogen functional groups attached to an aromatic ring is 1. The molecule has 1 saturated heterocycles. The Balaban J connectivity index is 1.30. The van der Waals surface area contributed by atoms with E-state index in [4.69, 9.17) is 10.5 Å². The number of aliphatic hydroxyl groups excluding tert-OH is 1. The Hall–Kier alpha value is -5.44. The fraction of sp³-hybridized carbons (Fsp3) is 0.308. The smallest absolute Gasteiger partial charge is 0.269 e. The number of aliphatic hydroxyl groups is 1. The van der Waals surface area contributed by atoms with Crippen molar-refractivity contribution >= 4 is 48.9 Å². The first kappa shape index (κ1) is 37.3. The van der Waals surface area contributed by atoms with E-state index >= 15 is 4.11 Å².